The molecule has 9 nitrogen and oxygen atoms in total. The molecule has 0 aliphatic carbocycles. The van der Waals surface area contributed by atoms with Crippen LogP contribution in [0.15, 0.2) is 49.1 Å². The number of fused-ring (bicyclic) bond motifs is 1. The van der Waals surface area contributed by atoms with Crippen LogP contribution in [0.3, 0.4) is 0 Å². The molecular formula is C19H15ClN4O5. The minimum Gasteiger partial charge on any atom is -0.490 e. The van der Waals surface area contributed by atoms with E-state index in [4.69, 9.17) is 21.1 Å². The van der Waals surface area contributed by atoms with Crippen molar-refractivity contribution in [3.63, 3.8) is 0 Å². The summed E-state index contributed by atoms with van der Waals surface area (Å²) in [4.78, 5) is 27.5. The van der Waals surface area contributed by atoms with Gasteiger partial charge in [0.15, 0.2) is 11.5 Å². The normalized spacial score (nSPS) is 12.9. The standard InChI is InChI=1S/C19H15ClN4O5/c20-13-9-17-18(29-7-1-6-28-17)10-14(13)22-19(25)12-2-3-15(16(8-12)24(26)27)23-5-4-21-11-23/h2-5,8-11H,1,6-7H2,(H,22,25). The van der Waals surface area contributed by atoms with Crippen LogP contribution in [0.2, 0.25) is 5.02 Å². The van der Waals surface area contributed by atoms with Gasteiger partial charge in [-0.3, -0.25) is 14.9 Å². The van der Waals surface area contributed by atoms with Crippen molar-refractivity contribution in [1.82, 2.24) is 9.55 Å². The summed E-state index contributed by atoms with van der Waals surface area (Å²) < 4.78 is 12.7. The molecule has 1 aliphatic heterocycles. The van der Waals surface area contributed by atoms with Crippen molar-refractivity contribution >= 4 is 28.9 Å². The van der Waals surface area contributed by atoms with E-state index in [0.717, 1.165) is 6.42 Å². The fourth-order valence-electron chi connectivity index (χ4n) is 2.91. The van der Waals surface area contributed by atoms with Crippen LogP contribution in [0.1, 0.15) is 16.8 Å². The van der Waals surface area contributed by atoms with Gasteiger partial charge < -0.3 is 19.4 Å². The Morgan fingerprint density at radius 3 is 2.66 bits per heavy atom. The number of imidazole rings is 1. The number of hydrogen-bond donors (Lipinski definition) is 1. The summed E-state index contributed by atoms with van der Waals surface area (Å²) in [6.07, 6.45) is 5.27. The summed E-state index contributed by atoms with van der Waals surface area (Å²) in [6.45, 7) is 1.01. The Bertz CT molecular complexity index is 1080. The van der Waals surface area contributed by atoms with Crippen molar-refractivity contribution in [1.29, 1.82) is 0 Å². The number of anilines is 1. The predicted molar refractivity (Wildman–Crippen MR) is 105 cm³/mol. The van der Waals surface area contributed by atoms with E-state index in [9.17, 15) is 14.9 Å². The van der Waals surface area contributed by atoms with E-state index in [2.05, 4.69) is 10.3 Å². The first-order chi connectivity index (χ1) is 14.0. The van der Waals surface area contributed by atoms with E-state index in [1.54, 1.807) is 18.3 Å². The Hall–Kier alpha value is -3.59. The van der Waals surface area contributed by atoms with Crippen molar-refractivity contribution in [2.45, 2.75) is 6.42 Å². The van der Waals surface area contributed by atoms with E-state index in [0.29, 0.717) is 36.1 Å². The van der Waals surface area contributed by atoms with Gasteiger partial charge in [-0.2, -0.15) is 0 Å². The van der Waals surface area contributed by atoms with Crippen LogP contribution in [0.4, 0.5) is 11.4 Å². The second-order valence-corrected chi connectivity index (χ2v) is 6.62. The number of aromatic nitrogens is 2. The van der Waals surface area contributed by atoms with Gasteiger partial charge >= 0.3 is 0 Å². The van der Waals surface area contributed by atoms with E-state index >= 15 is 0 Å². The van der Waals surface area contributed by atoms with Crippen LogP contribution in [0.25, 0.3) is 5.69 Å². The first-order valence-corrected chi connectivity index (χ1v) is 9.08. The summed E-state index contributed by atoms with van der Waals surface area (Å²) in [5.74, 6) is 0.441. The van der Waals surface area contributed by atoms with Gasteiger partial charge in [0.25, 0.3) is 11.6 Å². The molecule has 0 bridgehead atoms. The van der Waals surface area contributed by atoms with Gasteiger partial charge in [-0.1, -0.05) is 11.6 Å². The maximum atomic E-state index is 12.7. The molecule has 0 spiro atoms. The van der Waals surface area contributed by atoms with Gasteiger partial charge in [0.1, 0.15) is 5.69 Å². The first kappa shape index (κ1) is 18.8. The van der Waals surface area contributed by atoms with Crippen molar-refractivity contribution in [2.24, 2.45) is 0 Å². The molecule has 4 rings (SSSR count). The van der Waals surface area contributed by atoms with Crippen LogP contribution in [-0.2, 0) is 0 Å². The first-order valence-electron chi connectivity index (χ1n) is 8.70. The van der Waals surface area contributed by atoms with Crippen LogP contribution in [0, 0.1) is 10.1 Å². The smallest absolute Gasteiger partial charge is 0.294 e. The number of nitrogens with one attached hydrogen (secondary N) is 1. The van der Waals surface area contributed by atoms with Gasteiger partial charge in [0.05, 0.1) is 35.2 Å². The molecule has 0 atom stereocenters. The Morgan fingerprint density at radius 1 is 1.21 bits per heavy atom. The second-order valence-electron chi connectivity index (χ2n) is 6.21. The predicted octanol–water partition coefficient (Wildman–Crippen LogP) is 3.85. The maximum Gasteiger partial charge on any atom is 0.294 e. The summed E-state index contributed by atoms with van der Waals surface area (Å²) in [5, 5.41) is 14.4. The van der Waals surface area contributed by atoms with E-state index in [1.165, 1.54) is 35.3 Å². The van der Waals surface area contributed by atoms with Crippen LogP contribution in [0.5, 0.6) is 11.5 Å². The summed E-state index contributed by atoms with van der Waals surface area (Å²) in [7, 11) is 0. The number of carbonyl (C=O) groups is 1. The van der Waals surface area contributed by atoms with Gasteiger partial charge in [-0.15, -0.1) is 0 Å². The van der Waals surface area contributed by atoms with Crippen molar-refractivity contribution in [3.8, 4) is 17.2 Å². The molecule has 0 saturated carbocycles. The molecule has 1 aromatic heterocycles. The molecule has 148 valence electrons. The van der Waals surface area contributed by atoms with E-state index in [-0.39, 0.29) is 16.3 Å². The molecule has 0 radical (unpaired) electrons. The number of benzene rings is 2. The Balaban J connectivity index is 1.63. The summed E-state index contributed by atoms with van der Waals surface area (Å²) >= 11 is 6.25. The molecule has 0 fully saturated rings. The SMILES string of the molecule is O=C(Nc1cc2c(cc1Cl)OCCCO2)c1ccc(-n2ccnc2)c([N+](=O)[O-])c1. The highest BCUT2D eigenvalue weighted by Gasteiger charge is 2.20. The zero-order chi connectivity index (χ0) is 20.4. The highest BCUT2D eigenvalue weighted by molar-refractivity contribution is 6.34. The minimum atomic E-state index is -0.549. The van der Waals surface area contributed by atoms with Gasteiger partial charge in [0.2, 0.25) is 0 Å². The van der Waals surface area contributed by atoms with E-state index < -0.39 is 10.8 Å². The number of rotatable bonds is 4. The summed E-state index contributed by atoms with van der Waals surface area (Å²) in [5.41, 5.74) is 0.518. The lowest BCUT2D eigenvalue weighted by Gasteiger charge is -2.13. The van der Waals surface area contributed by atoms with Gasteiger partial charge in [0, 0.05) is 42.6 Å². The molecule has 0 saturated heterocycles. The quantitative estimate of drug-likeness (QED) is 0.513. The minimum absolute atomic E-state index is 0.115. The third-order valence-corrected chi connectivity index (χ3v) is 4.61. The number of nitro groups is 1. The molecule has 2 heterocycles. The lowest BCUT2D eigenvalue weighted by atomic mass is 10.1. The number of nitro benzene ring substituents is 1. The molecule has 29 heavy (non-hydrogen) atoms. The third-order valence-electron chi connectivity index (χ3n) is 4.30. The molecule has 10 heteroatoms. The molecule has 1 N–H and O–H groups in total. The van der Waals surface area contributed by atoms with Crippen molar-refractivity contribution < 1.29 is 19.2 Å². The fraction of sp³-hybridized carbons (Fsp3) is 0.158. The average Bonchev–Trinajstić information content (AvgIpc) is 3.15. The number of carbonyl (C=O) groups excluding carboxylic acids is 1. The number of nitrogens with zero attached hydrogens (tertiary/aromatic N) is 3. The molecule has 2 aromatic carbocycles. The number of amides is 1. The zero-order valence-electron chi connectivity index (χ0n) is 15.0. The average molecular weight is 415 g/mol. The lowest BCUT2D eigenvalue weighted by molar-refractivity contribution is -0.384. The molecule has 3 aromatic rings. The van der Waals surface area contributed by atoms with E-state index in [1.807, 2.05) is 0 Å². The lowest BCUT2D eigenvalue weighted by Crippen LogP contribution is -2.13. The molecule has 0 unspecified atom stereocenters. The Morgan fingerprint density at radius 2 is 1.97 bits per heavy atom. The maximum absolute atomic E-state index is 12.7. The number of hydrogen-bond acceptors (Lipinski definition) is 6. The Labute approximate surface area is 170 Å². The largest absolute Gasteiger partial charge is 0.490 e. The highest BCUT2D eigenvalue weighted by atomic mass is 35.5. The number of ether oxygens (including phenoxy) is 2. The second kappa shape index (κ2) is 7.80. The molecule has 1 amide bonds. The Kier molecular flexibility index (Phi) is 5.05. The molecular weight excluding hydrogens is 400 g/mol. The zero-order valence-corrected chi connectivity index (χ0v) is 15.8. The third kappa shape index (κ3) is 3.85. The van der Waals surface area contributed by atoms with Crippen molar-refractivity contribution in [2.75, 3.05) is 18.5 Å². The van der Waals surface area contributed by atoms with Gasteiger partial charge in [-0.05, 0) is 12.1 Å². The monoisotopic (exact) mass is 414 g/mol. The highest BCUT2D eigenvalue weighted by Crippen LogP contribution is 2.38. The van der Waals surface area contributed by atoms with Crippen LogP contribution in [-0.4, -0.2) is 33.6 Å². The topological polar surface area (TPSA) is 109 Å². The van der Waals surface area contributed by atoms with Crippen LogP contribution >= 0.6 is 11.6 Å². The van der Waals surface area contributed by atoms with Gasteiger partial charge in [-0.25, -0.2) is 4.98 Å². The fourth-order valence-corrected chi connectivity index (χ4v) is 3.11. The van der Waals surface area contributed by atoms with Crippen molar-refractivity contribution in [3.05, 3.63) is 69.8 Å². The van der Waals surface area contributed by atoms with Crippen LogP contribution < -0.4 is 14.8 Å². The number of halogens is 1. The summed E-state index contributed by atoms with van der Waals surface area (Å²) in [6, 6.07) is 7.35. The molecule has 1 aliphatic rings.